The molecule has 1 unspecified atom stereocenters. The number of ether oxygens (including phenoxy) is 1. The van der Waals surface area contributed by atoms with Crippen LogP contribution < -0.4 is 10.1 Å². The number of imide groups is 1. The van der Waals surface area contributed by atoms with Gasteiger partial charge in [0.15, 0.2) is 0 Å². The Kier molecular flexibility index (Phi) is 5.52. The van der Waals surface area contributed by atoms with E-state index in [1.807, 2.05) is 11.4 Å². The van der Waals surface area contributed by atoms with E-state index in [9.17, 15) is 22.8 Å². The maximum absolute atomic E-state index is 14.0. The zero-order valence-electron chi connectivity index (χ0n) is 15.9. The summed E-state index contributed by atoms with van der Waals surface area (Å²) in [7, 11) is 3.13. The summed E-state index contributed by atoms with van der Waals surface area (Å²) >= 11 is 0. The van der Waals surface area contributed by atoms with Crippen molar-refractivity contribution in [3.8, 4) is 5.75 Å². The Labute approximate surface area is 165 Å². The van der Waals surface area contributed by atoms with Crippen molar-refractivity contribution in [3.05, 3.63) is 65.7 Å². The summed E-state index contributed by atoms with van der Waals surface area (Å²) in [5, 5.41) is 1.88. The second kappa shape index (κ2) is 7.75. The molecule has 1 saturated heterocycles. The van der Waals surface area contributed by atoms with Crippen molar-refractivity contribution in [3.63, 3.8) is 0 Å². The van der Waals surface area contributed by atoms with Crippen LogP contribution in [0.15, 0.2) is 54.6 Å². The number of nitrogens with one attached hydrogen (secondary N) is 1. The molecule has 0 spiro atoms. The number of nitrogens with zero attached hydrogens (tertiary/aromatic N) is 2. The molecule has 1 aliphatic rings. The van der Waals surface area contributed by atoms with E-state index >= 15 is 0 Å². The molecule has 0 aliphatic carbocycles. The Morgan fingerprint density at radius 2 is 1.79 bits per heavy atom. The van der Waals surface area contributed by atoms with Gasteiger partial charge >= 0.3 is 12.2 Å². The number of benzene rings is 2. The zero-order valence-corrected chi connectivity index (χ0v) is 15.9. The molecule has 0 radical (unpaired) electrons. The van der Waals surface area contributed by atoms with Crippen LogP contribution in [0.5, 0.6) is 5.75 Å². The Bertz CT molecular complexity index is 905. The molecule has 6 nitrogen and oxygen atoms in total. The number of halogens is 3. The number of carbonyl (C=O) groups excluding carboxylic acids is 2. The molecule has 1 atom stereocenters. The average molecular weight is 407 g/mol. The standard InChI is InChI=1S/C20H20F3N3O3/c1-25(12-14-7-6-10-16(11-14)29-2)13-26-17(27)19(20(21,22)23,24-18(26)28)15-8-4-3-5-9-15/h3-11H,12-13H2,1-2H3,(H,24,28). The van der Waals surface area contributed by atoms with Crippen molar-refractivity contribution in [2.75, 3.05) is 20.8 Å². The predicted molar refractivity (Wildman–Crippen MR) is 98.9 cm³/mol. The molecule has 29 heavy (non-hydrogen) atoms. The summed E-state index contributed by atoms with van der Waals surface area (Å²) in [6.45, 7) is 0.00511. The molecule has 3 amide bonds. The van der Waals surface area contributed by atoms with Crippen molar-refractivity contribution >= 4 is 11.9 Å². The fourth-order valence-electron chi connectivity index (χ4n) is 3.32. The minimum atomic E-state index is -5.00. The third-order valence-corrected chi connectivity index (χ3v) is 4.71. The lowest BCUT2D eigenvalue weighted by atomic mass is 9.89. The van der Waals surface area contributed by atoms with Crippen LogP contribution in [-0.4, -0.2) is 48.7 Å². The third kappa shape index (κ3) is 3.77. The number of rotatable bonds is 6. The third-order valence-electron chi connectivity index (χ3n) is 4.71. The average Bonchev–Trinajstić information content (AvgIpc) is 2.94. The topological polar surface area (TPSA) is 61.9 Å². The molecule has 154 valence electrons. The van der Waals surface area contributed by atoms with E-state index < -0.39 is 23.7 Å². The lowest BCUT2D eigenvalue weighted by molar-refractivity contribution is -0.198. The van der Waals surface area contributed by atoms with E-state index in [2.05, 4.69) is 0 Å². The molecule has 0 aromatic heterocycles. The lowest BCUT2D eigenvalue weighted by Crippen LogP contribution is -2.56. The van der Waals surface area contributed by atoms with Gasteiger partial charge in [-0.2, -0.15) is 13.2 Å². The number of hydrogen-bond acceptors (Lipinski definition) is 4. The fraction of sp³-hybridized carbons (Fsp3) is 0.300. The highest BCUT2D eigenvalue weighted by Crippen LogP contribution is 2.43. The van der Waals surface area contributed by atoms with Crippen molar-refractivity contribution < 1.29 is 27.5 Å². The monoisotopic (exact) mass is 407 g/mol. The fourth-order valence-corrected chi connectivity index (χ4v) is 3.32. The first-order valence-electron chi connectivity index (χ1n) is 8.77. The quantitative estimate of drug-likeness (QED) is 0.748. The van der Waals surface area contributed by atoms with Crippen molar-refractivity contribution in [2.24, 2.45) is 0 Å². The van der Waals surface area contributed by atoms with Crippen molar-refractivity contribution in [2.45, 2.75) is 18.3 Å². The normalized spacial score (nSPS) is 19.6. The van der Waals surface area contributed by atoms with Crippen LogP contribution in [0.4, 0.5) is 18.0 Å². The molecule has 1 N–H and O–H groups in total. The number of carbonyl (C=O) groups is 2. The summed E-state index contributed by atoms with van der Waals surface area (Å²) in [5.41, 5.74) is -2.60. The lowest BCUT2D eigenvalue weighted by Gasteiger charge is -2.30. The van der Waals surface area contributed by atoms with E-state index in [-0.39, 0.29) is 12.2 Å². The summed E-state index contributed by atoms with van der Waals surface area (Å²) in [6.07, 6.45) is -5.00. The number of urea groups is 1. The van der Waals surface area contributed by atoms with Crippen LogP contribution in [-0.2, 0) is 16.9 Å². The van der Waals surface area contributed by atoms with Crippen LogP contribution in [0, 0.1) is 0 Å². The van der Waals surface area contributed by atoms with E-state index in [1.165, 1.54) is 37.4 Å². The van der Waals surface area contributed by atoms with Gasteiger partial charge in [0.1, 0.15) is 5.75 Å². The Balaban J connectivity index is 1.84. The van der Waals surface area contributed by atoms with Crippen LogP contribution in [0.3, 0.4) is 0 Å². The van der Waals surface area contributed by atoms with Crippen molar-refractivity contribution in [1.82, 2.24) is 15.1 Å². The largest absolute Gasteiger partial charge is 0.497 e. The van der Waals surface area contributed by atoms with Gasteiger partial charge in [-0.25, -0.2) is 9.69 Å². The molecule has 2 aromatic carbocycles. The first-order chi connectivity index (χ1) is 13.7. The van der Waals surface area contributed by atoms with Gasteiger partial charge in [0.2, 0.25) is 5.54 Å². The number of alkyl halides is 3. The second-order valence-electron chi connectivity index (χ2n) is 6.78. The zero-order chi connectivity index (χ0) is 21.2. The van der Waals surface area contributed by atoms with E-state index in [0.29, 0.717) is 17.2 Å². The molecular weight excluding hydrogens is 387 g/mol. The number of methoxy groups -OCH3 is 1. The maximum atomic E-state index is 14.0. The second-order valence-corrected chi connectivity index (χ2v) is 6.78. The first-order valence-corrected chi connectivity index (χ1v) is 8.77. The Morgan fingerprint density at radius 1 is 1.10 bits per heavy atom. The van der Waals surface area contributed by atoms with Gasteiger partial charge in [0.25, 0.3) is 5.91 Å². The highest BCUT2D eigenvalue weighted by molar-refractivity contribution is 6.08. The molecule has 9 heteroatoms. The Hall–Kier alpha value is -3.07. The van der Waals surface area contributed by atoms with Gasteiger partial charge in [-0.3, -0.25) is 9.69 Å². The van der Waals surface area contributed by atoms with E-state index in [0.717, 1.165) is 5.56 Å². The van der Waals surface area contributed by atoms with Gasteiger partial charge in [-0.05, 0) is 30.3 Å². The number of hydrogen-bond donors (Lipinski definition) is 1. The van der Waals surface area contributed by atoms with Gasteiger partial charge in [0.05, 0.1) is 13.8 Å². The summed E-state index contributed by atoms with van der Waals surface area (Å²) < 4.78 is 47.1. The predicted octanol–water partition coefficient (Wildman–Crippen LogP) is 3.09. The van der Waals surface area contributed by atoms with Gasteiger partial charge in [-0.15, -0.1) is 0 Å². The Morgan fingerprint density at radius 3 is 2.41 bits per heavy atom. The summed E-state index contributed by atoms with van der Waals surface area (Å²) in [6, 6.07) is 12.7. The molecule has 1 heterocycles. The highest BCUT2D eigenvalue weighted by atomic mass is 19.4. The van der Waals surface area contributed by atoms with E-state index in [4.69, 9.17) is 4.74 Å². The highest BCUT2D eigenvalue weighted by Gasteiger charge is 2.68. The molecule has 3 rings (SSSR count). The molecular formula is C20H20F3N3O3. The molecule has 1 aliphatic heterocycles. The van der Waals surface area contributed by atoms with Gasteiger partial charge < -0.3 is 10.1 Å². The van der Waals surface area contributed by atoms with Crippen molar-refractivity contribution in [1.29, 1.82) is 0 Å². The van der Waals surface area contributed by atoms with Gasteiger partial charge in [-0.1, -0.05) is 42.5 Å². The minimum absolute atomic E-state index is 0.299. The molecule has 2 aromatic rings. The smallest absolute Gasteiger partial charge is 0.425 e. The van der Waals surface area contributed by atoms with E-state index in [1.54, 1.807) is 30.1 Å². The molecule has 1 fully saturated rings. The molecule has 0 bridgehead atoms. The minimum Gasteiger partial charge on any atom is -0.497 e. The SMILES string of the molecule is COc1cccc(CN(C)CN2C(=O)NC(c3ccccc3)(C(F)(F)F)C2=O)c1. The number of amides is 3. The van der Waals surface area contributed by atoms with Crippen LogP contribution in [0.25, 0.3) is 0 Å². The maximum Gasteiger partial charge on any atom is 0.425 e. The summed E-state index contributed by atoms with van der Waals surface area (Å²) in [5.74, 6) is -0.718. The van der Waals surface area contributed by atoms with Gasteiger partial charge in [0, 0.05) is 6.54 Å². The summed E-state index contributed by atoms with van der Waals surface area (Å²) in [4.78, 5) is 27.4. The van der Waals surface area contributed by atoms with Crippen LogP contribution in [0.1, 0.15) is 11.1 Å². The van der Waals surface area contributed by atoms with Crippen LogP contribution in [0.2, 0.25) is 0 Å². The van der Waals surface area contributed by atoms with Crippen LogP contribution >= 0.6 is 0 Å². The first kappa shape index (κ1) is 20.7. The molecule has 0 saturated carbocycles.